The predicted octanol–water partition coefficient (Wildman–Crippen LogP) is 1.50. The van der Waals surface area contributed by atoms with Gasteiger partial charge in [-0.1, -0.05) is 12.1 Å². The SMILES string of the molecule is CC1CCC(N)(c2nc(CN(C)C)no2)CC1. The third-order valence-electron chi connectivity index (χ3n) is 3.52. The molecule has 96 valence electrons. The van der Waals surface area contributed by atoms with Gasteiger partial charge in [-0.3, -0.25) is 0 Å². The molecule has 0 unspecified atom stereocenters. The number of hydrogen-bond donors (Lipinski definition) is 1. The number of hydrogen-bond acceptors (Lipinski definition) is 5. The van der Waals surface area contributed by atoms with Crippen molar-refractivity contribution < 1.29 is 4.52 Å². The molecule has 1 fully saturated rings. The van der Waals surface area contributed by atoms with Gasteiger partial charge in [0.2, 0.25) is 5.89 Å². The van der Waals surface area contributed by atoms with Crippen LogP contribution in [0.1, 0.15) is 44.3 Å². The average molecular weight is 238 g/mol. The highest BCUT2D eigenvalue weighted by atomic mass is 16.5. The van der Waals surface area contributed by atoms with Gasteiger partial charge in [0.15, 0.2) is 5.82 Å². The van der Waals surface area contributed by atoms with Crippen molar-refractivity contribution in [1.82, 2.24) is 15.0 Å². The molecule has 17 heavy (non-hydrogen) atoms. The van der Waals surface area contributed by atoms with Crippen LogP contribution in [0.25, 0.3) is 0 Å². The van der Waals surface area contributed by atoms with E-state index in [1.54, 1.807) is 0 Å². The molecule has 1 aliphatic rings. The second-order valence-electron chi connectivity index (χ2n) is 5.59. The largest absolute Gasteiger partial charge is 0.337 e. The Kier molecular flexibility index (Phi) is 3.49. The van der Waals surface area contributed by atoms with E-state index in [1.807, 2.05) is 19.0 Å². The van der Waals surface area contributed by atoms with Crippen molar-refractivity contribution in [1.29, 1.82) is 0 Å². The molecular formula is C12H22N4O. The first kappa shape index (κ1) is 12.5. The van der Waals surface area contributed by atoms with Gasteiger partial charge < -0.3 is 15.2 Å². The Labute approximate surface area is 102 Å². The topological polar surface area (TPSA) is 68.2 Å². The minimum Gasteiger partial charge on any atom is -0.337 e. The summed E-state index contributed by atoms with van der Waals surface area (Å²) in [7, 11) is 3.97. The van der Waals surface area contributed by atoms with Crippen LogP contribution in [-0.2, 0) is 12.1 Å². The molecule has 0 radical (unpaired) electrons. The summed E-state index contributed by atoms with van der Waals surface area (Å²) in [6, 6.07) is 0. The van der Waals surface area contributed by atoms with Crippen molar-refractivity contribution in [3.63, 3.8) is 0 Å². The zero-order chi connectivity index (χ0) is 12.5. The Morgan fingerprint density at radius 1 is 1.41 bits per heavy atom. The second-order valence-corrected chi connectivity index (χ2v) is 5.59. The van der Waals surface area contributed by atoms with Crippen LogP contribution in [0.3, 0.4) is 0 Å². The van der Waals surface area contributed by atoms with E-state index in [2.05, 4.69) is 17.1 Å². The Hall–Kier alpha value is -0.940. The van der Waals surface area contributed by atoms with E-state index in [0.29, 0.717) is 18.3 Å². The maximum atomic E-state index is 6.38. The molecule has 0 aromatic carbocycles. The van der Waals surface area contributed by atoms with E-state index in [9.17, 15) is 0 Å². The lowest BCUT2D eigenvalue weighted by Gasteiger charge is -2.32. The van der Waals surface area contributed by atoms with Crippen LogP contribution in [0.4, 0.5) is 0 Å². The van der Waals surface area contributed by atoms with Gasteiger partial charge in [-0.05, 0) is 45.7 Å². The molecule has 2 rings (SSSR count). The molecule has 0 bridgehead atoms. The lowest BCUT2D eigenvalue weighted by atomic mass is 9.78. The summed E-state index contributed by atoms with van der Waals surface area (Å²) in [6.45, 7) is 2.96. The van der Waals surface area contributed by atoms with E-state index in [1.165, 1.54) is 0 Å². The summed E-state index contributed by atoms with van der Waals surface area (Å²) in [6.07, 6.45) is 4.17. The lowest BCUT2D eigenvalue weighted by Crippen LogP contribution is -2.40. The predicted molar refractivity (Wildman–Crippen MR) is 65.2 cm³/mol. The molecular weight excluding hydrogens is 216 g/mol. The minimum atomic E-state index is -0.399. The summed E-state index contributed by atoms with van der Waals surface area (Å²) < 4.78 is 5.33. The molecule has 0 amide bonds. The highest BCUT2D eigenvalue weighted by Crippen LogP contribution is 2.36. The monoisotopic (exact) mass is 238 g/mol. The molecule has 1 heterocycles. The van der Waals surface area contributed by atoms with Crippen LogP contribution in [0.15, 0.2) is 4.52 Å². The van der Waals surface area contributed by atoms with Crippen LogP contribution in [-0.4, -0.2) is 29.1 Å². The standard InChI is InChI=1S/C12H22N4O/c1-9-4-6-12(13,7-5-9)11-14-10(15-17-11)8-16(2)3/h9H,4-8,13H2,1-3H3. The van der Waals surface area contributed by atoms with E-state index >= 15 is 0 Å². The van der Waals surface area contributed by atoms with Crippen LogP contribution in [0, 0.1) is 5.92 Å². The highest BCUT2D eigenvalue weighted by Gasteiger charge is 2.37. The first-order chi connectivity index (χ1) is 7.99. The Balaban J connectivity index is 2.08. The van der Waals surface area contributed by atoms with E-state index in [0.717, 1.165) is 31.6 Å². The van der Waals surface area contributed by atoms with Gasteiger partial charge >= 0.3 is 0 Å². The molecule has 1 aromatic rings. The summed E-state index contributed by atoms with van der Waals surface area (Å²) in [5.74, 6) is 2.09. The average Bonchev–Trinajstić information content (AvgIpc) is 2.71. The molecule has 5 heteroatoms. The molecule has 1 aromatic heterocycles. The molecule has 0 atom stereocenters. The van der Waals surface area contributed by atoms with Crippen molar-refractivity contribution in [2.45, 2.75) is 44.7 Å². The molecule has 2 N–H and O–H groups in total. The third-order valence-corrected chi connectivity index (χ3v) is 3.52. The number of aromatic nitrogens is 2. The van der Waals surface area contributed by atoms with Gasteiger partial charge in [-0.15, -0.1) is 0 Å². The second kappa shape index (κ2) is 4.74. The summed E-state index contributed by atoms with van der Waals surface area (Å²) >= 11 is 0. The van der Waals surface area contributed by atoms with Crippen LogP contribution in [0.5, 0.6) is 0 Å². The van der Waals surface area contributed by atoms with E-state index in [4.69, 9.17) is 10.3 Å². The van der Waals surface area contributed by atoms with E-state index in [-0.39, 0.29) is 0 Å². The Bertz CT molecular complexity index is 366. The van der Waals surface area contributed by atoms with Crippen molar-refractivity contribution in [2.75, 3.05) is 14.1 Å². The normalized spacial score (nSPS) is 29.8. The van der Waals surface area contributed by atoms with Crippen LogP contribution >= 0.6 is 0 Å². The molecule has 0 saturated heterocycles. The van der Waals surface area contributed by atoms with Crippen molar-refractivity contribution in [3.8, 4) is 0 Å². The summed E-state index contributed by atoms with van der Waals surface area (Å²) in [5.41, 5.74) is 5.98. The number of nitrogens with two attached hydrogens (primary N) is 1. The molecule has 5 nitrogen and oxygen atoms in total. The molecule has 0 aliphatic heterocycles. The van der Waals surface area contributed by atoms with Crippen LogP contribution < -0.4 is 5.73 Å². The van der Waals surface area contributed by atoms with Crippen LogP contribution in [0.2, 0.25) is 0 Å². The summed E-state index contributed by atoms with van der Waals surface area (Å²) in [4.78, 5) is 6.44. The Morgan fingerprint density at radius 3 is 2.65 bits per heavy atom. The van der Waals surface area contributed by atoms with Gasteiger partial charge in [-0.2, -0.15) is 4.98 Å². The fourth-order valence-electron chi connectivity index (χ4n) is 2.29. The van der Waals surface area contributed by atoms with Gasteiger partial charge in [0.05, 0.1) is 12.1 Å². The first-order valence-electron chi connectivity index (χ1n) is 6.26. The number of nitrogens with zero attached hydrogens (tertiary/aromatic N) is 3. The molecule has 1 saturated carbocycles. The van der Waals surface area contributed by atoms with Gasteiger partial charge in [0.1, 0.15) is 0 Å². The smallest absolute Gasteiger partial charge is 0.246 e. The van der Waals surface area contributed by atoms with Gasteiger partial charge in [0.25, 0.3) is 0 Å². The van der Waals surface area contributed by atoms with Gasteiger partial charge in [-0.25, -0.2) is 0 Å². The zero-order valence-electron chi connectivity index (χ0n) is 10.9. The quantitative estimate of drug-likeness (QED) is 0.864. The Morgan fingerprint density at radius 2 is 2.06 bits per heavy atom. The zero-order valence-corrected chi connectivity index (χ0v) is 10.9. The van der Waals surface area contributed by atoms with Crippen molar-refractivity contribution >= 4 is 0 Å². The maximum absolute atomic E-state index is 6.38. The first-order valence-corrected chi connectivity index (χ1v) is 6.26. The van der Waals surface area contributed by atoms with Crippen molar-refractivity contribution in [3.05, 3.63) is 11.7 Å². The minimum absolute atomic E-state index is 0.399. The van der Waals surface area contributed by atoms with E-state index < -0.39 is 5.54 Å². The molecule has 0 spiro atoms. The fourth-order valence-corrected chi connectivity index (χ4v) is 2.29. The highest BCUT2D eigenvalue weighted by molar-refractivity contribution is 5.04. The van der Waals surface area contributed by atoms with Crippen molar-refractivity contribution in [2.24, 2.45) is 11.7 Å². The van der Waals surface area contributed by atoms with Gasteiger partial charge in [0, 0.05) is 0 Å². The maximum Gasteiger partial charge on any atom is 0.246 e. The molecule has 1 aliphatic carbocycles. The fraction of sp³-hybridized carbons (Fsp3) is 0.833. The summed E-state index contributed by atoms with van der Waals surface area (Å²) in [5, 5.41) is 3.99. The number of rotatable bonds is 3. The third kappa shape index (κ3) is 2.84. The lowest BCUT2D eigenvalue weighted by molar-refractivity contribution is 0.190.